The largest absolute Gasteiger partial charge is 0.480 e. The average Bonchev–Trinajstić information content (AvgIpc) is 3.13. The van der Waals surface area contributed by atoms with Gasteiger partial charge in [-0.3, -0.25) is 4.79 Å². The molecule has 0 aliphatic carbocycles. The number of nitrogens with one attached hydrogen (secondary N) is 1. The normalized spacial score (nSPS) is 11.9. The van der Waals surface area contributed by atoms with Gasteiger partial charge in [-0.1, -0.05) is 12.1 Å². The van der Waals surface area contributed by atoms with E-state index in [1.807, 2.05) is 17.5 Å². The maximum atomic E-state index is 12.1. The van der Waals surface area contributed by atoms with Gasteiger partial charge in [-0.2, -0.15) is 0 Å². The Hall–Kier alpha value is -2.41. The van der Waals surface area contributed by atoms with Crippen molar-refractivity contribution in [1.29, 1.82) is 0 Å². The molecule has 0 radical (unpaired) electrons. The van der Waals surface area contributed by atoms with E-state index >= 15 is 0 Å². The number of aryl methyl sites for hydroxylation is 1. The van der Waals surface area contributed by atoms with Gasteiger partial charge in [0.05, 0.1) is 17.0 Å². The molecule has 1 atom stereocenters. The minimum absolute atomic E-state index is 0.0153. The Bertz CT molecular complexity index is 691. The summed E-state index contributed by atoms with van der Waals surface area (Å²) in [5.74, 6) is -0.421. The van der Waals surface area contributed by atoms with Gasteiger partial charge in [-0.25, -0.2) is 9.78 Å². The lowest BCUT2D eigenvalue weighted by Gasteiger charge is -2.13. The van der Waals surface area contributed by atoms with Gasteiger partial charge in [0.2, 0.25) is 11.8 Å². The fourth-order valence-electron chi connectivity index (χ4n) is 2.04. The summed E-state index contributed by atoms with van der Waals surface area (Å²) in [6.45, 7) is 5.29. The number of aromatic nitrogens is 1. The number of hydrogen-bond acceptors (Lipinski definition) is 5. The molecule has 0 bridgehead atoms. The van der Waals surface area contributed by atoms with Gasteiger partial charge in [0.15, 0.2) is 0 Å². The number of carbonyl (C=O) groups is 2. The number of rotatable bonds is 8. The maximum Gasteiger partial charge on any atom is 0.326 e. The number of carboxylic acid groups (broad SMARTS) is 1. The van der Waals surface area contributed by atoms with Crippen LogP contribution in [-0.4, -0.2) is 28.0 Å². The second-order valence-electron chi connectivity index (χ2n) is 5.00. The first kappa shape index (κ1) is 17.0. The number of hydrogen-bond donors (Lipinski definition) is 2. The minimum Gasteiger partial charge on any atom is -0.480 e. The zero-order valence-corrected chi connectivity index (χ0v) is 13.6. The molecule has 0 aliphatic rings. The lowest BCUT2D eigenvalue weighted by atomic mass is 10.1. The highest BCUT2D eigenvalue weighted by Crippen LogP contribution is 2.26. The molecule has 1 unspecified atom stereocenters. The highest BCUT2D eigenvalue weighted by molar-refractivity contribution is 7.13. The van der Waals surface area contributed by atoms with Crippen LogP contribution in [0.3, 0.4) is 0 Å². The molecule has 122 valence electrons. The number of amides is 1. The van der Waals surface area contributed by atoms with Crippen LogP contribution in [0.4, 0.5) is 0 Å². The number of thiophene rings is 1. The second kappa shape index (κ2) is 7.73. The first-order chi connectivity index (χ1) is 11.0. The van der Waals surface area contributed by atoms with Crippen molar-refractivity contribution in [2.24, 2.45) is 0 Å². The minimum atomic E-state index is -1.06. The molecule has 6 nitrogen and oxygen atoms in total. The fraction of sp³-hybridized carbons (Fsp3) is 0.312. The van der Waals surface area contributed by atoms with Gasteiger partial charge in [0.1, 0.15) is 11.8 Å². The van der Waals surface area contributed by atoms with Gasteiger partial charge in [-0.15, -0.1) is 17.9 Å². The topological polar surface area (TPSA) is 92.4 Å². The molecule has 0 aliphatic heterocycles. The van der Waals surface area contributed by atoms with Crippen molar-refractivity contribution in [2.45, 2.75) is 32.2 Å². The summed E-state index contributed by atoms with van der Waals surface area (Å²) in [7, 11) is 0. The van der Waals surface area contributed by atoms with Crippen LogP contribution in [0.5, 0.6) is 0 Å². The Balaban J connectivity index is 2.02. The van der Waals surface area contributed by atoms with Crippen molar-refractivity contribution >= 4 is 23.2 Å². The molecule has 23 heavy (non-hydrogen) atoms. The summed E-state index contributed by atoms with van der Waals surface area (Å²) in [6, 6.07) is 2.85. The zero-order chi connectivity index (χ0) is 16.8. The molecular formula is C16H18N2O4S. The standard InChI is InChI=1S/C16H18N2O4S/c1-3-4-6-11(16(20)21)17-14(19)9-12-10(2)22-15(18-12)13-7-5-8-23-13/h3,5,7-8,11H,1,4,6,9H2,2H3,(H,17,19)(H,20,21). The van der Waals surface area contributed by atoms with Gasteiger partial charge in [0.25, 0.3) is 0 Å². The quantitative estimate of drug-likeness (QED) is 0.724. The third-order valence-corrected chi connectivity index (χ3v) is 4.10. The van der Waals surface area contributed by atoms with E-state index in [1.54, 1.807) is 13.0 Å². The smallest absolute Gasteiger partial charge is 0.326 e. The maximum absolute atomic E-state index is 12.1. The summed E-state index contributed by atoms with van der Waals surface area (Å²) >= 11 is 1.50. The Morgan fingerprint density at radius 2 is 2.35 bits per heavy atom. The third-order valence-electron chi connectivity index (χ3n) is 3.25. The molecular weight excluding hydrogens is 316 g/mol. The van der Waals surface area contributed by atoms with Crippen molar-refractivity contribution in [1.82, 2.24) is 10.3 Å². The molecule has 0 saturated carbocycles. The third kappa shape index (κ3) is 4.53. The van der Waals surface area contributed by atoms with E-state index in [2.05, 4.69) is 16.9 Å². The molecule has 0 saturated heterocycles. The van der Waals surface area contributed by atoms with Crippen LogP contribution in [-0.2, 0) is 16.0 Å². The summed E-state index contributed by atoms with van der Waals surface area (Å²) in [5.41, 5.74) is 0.513. The average molecular weight is 334 g/mol. The van der Waals surface area contributed by atoms with Crippen molar-refractivity contribution < 1.29 is 19.1 Å². The van der Waals surface area contributed by atoms with Crippen molar-refractivity contribution in [3.8, 4) is 10.8 Å². The predicted molar refractivity (Wildman–Crippen MR) is 87.3 cm³/mol. The molecule has 0 aromatic carbocycles. The number of aliphatic carboxylic acids is 1. The lowest BCUT2D eigenvalue weighted by molar-refractivity contribution is -0.141. The first-order valence-corrected chi connectivity index (χ1v) is 8.02. The van der Waals surface area contributed by atoms with E-state index in [0.29, 0.717) is 30.2 Å². The molecule has 2 heterocycles. The van der Waals surface area contributed by atoms with Gasteiger partial charge < -0.3 is 14.8 Å². The Kier molecular flexibility index (Phi) is 5.70. The summed E-state index contributed by atoms with van der Waals surface area (Å²) in [6.07, 6.45) is 2.43. The van der Waals surface area contributed by atoms with Crippen LogP contribution in [0.25, 0.3) is 10.8 Å². The van der Waals surface area contributed by atoms with E-state index in [0.717, 1.165) is 4.88 Å². The van der Waals surface area contributed by atoms with Crippen molar-refractivity contribution in [3.63, 3.8) is 0 Å². The monoisotopic (exact) mass is 334 g/mol. The Morgan fingerprint density at radius 1 is 1.57 bits per heavy atom. The fourth-order valence-corrected chi connectivity index (χ4v) is 2.69. The van der Waals surface area contributed by atoms with Gasteiger partial charge in [0, 0.05) is 0 Å². The molecule has 7 heteroatoms. The van der Waals surface area contributed by atoms with E-state index in [-0.39, 0.29) is 6.42 Å². The van der Waals surface area contributed by atoms with Crippen molar-refractivity contribution in [2.75, 3.05) is 0 Å². The number of carbonyl (C=O) groups excluding carboxylic acids is 1. The lowest BCUT2D eigenvalue weighted by Crippen LogP contribution is -2.41. The van der Waals surface area contributed by atoms with Gasteiger partial charge in [-0.05, 0) is 31.2 Å². The zero-order valence-electron chi connectivity index (χ0n) is 12.7. The molecule has 0 spiro atoms. The van der Waals surface area contributed by atoms with Crippen LogP contribution >= 0.6 is 11.3 Å². The molecule has 2 N–H and O–H groups in total. The number of nitrogens with zero attached hydrogens (tertiary/aromatic N) is 1. The molecule has 1 amide bonds. The van der Waals surface area contributed by atoms with Crippen LogP contribution in [0, 0.1) is 6.92 Å². The predicted octanol–water partition coefficient (Wildman–Crippen LogP) is 2.79. The molecule has 2 aromatic heterocycles. The highest BCUT2D eigenvalue weighted by Gasteiger charge is 2.21. The number of carboxylic acids is 1. The van der Waals surface area contributed by atoms with E-state index < -0.39 is 17.9 Å². The van der Waals surface area contributed by atoms with Crippen LogP contribution in [0.15, 0.2) is 34.6 Å². The van der Waals surface area contributed by atoms with Crippen LogP contribution in [0.1, 0.15) is 24.3 Å². The summed E-state index contributed by atoms with van der Waals surface area (Å²) in [4.78, 5) is 28.4. The van der Waals surface area contributed by atoms with Gasteiger partial charge >= 0.3 is 5.97 Å². The molecule has 0 fully saturated rings. The number of allylic oxidation sites excluding steroid dienone is 1. The number of oxazole rings is 1. The van der Waals surface area contributed by atoms with E-state index in [9.17, 15) is 9.59 Å². The summed E-state index contributed by atoms with van der Waals surface area (Å²) in [5, 5.41) is 13.5. The van der Waals surface area contributed by atoms with E-state index in [1.165, 1.54) is 11.3 Å². The first-order valence-electron chi connectivity index (χ1n) is 7.14. The SMILES string of the molecule is C=CCCC(NC(=O)Cc1nc(-c2cccs2)oc1C)C(=O)O. The second-order valence-corrected chi connectivity index (χ2v) is 5.95. The van der Waals surface area contributed by atoms with Crippen LogP contribution < -0.4 is 5.32 Å². The van der Waals surface area contributed by atoms with E-state index in [4.69, 9.17) is 9.52 Å². The summed E-state index contributed by atoms with van der Waals surface area (Å²) < 4.78 is 5.57. The Morgan fingerprint density at radius 3 is 2.96 bits per heavy atom. The Labute approximate surface area is 137 Å². The highest BCUT2D eigenvalue weighted by atomic mass is 32.1. The molecule has 2 rings (SSSR count). The van der Waals surface area contributed by atoms with Crippen molar-refractivity contribution in [3.05, 3.63) is 41.6 Å². The molecule has 2 aromatic rings. The van der Waals surface area contributed by atoms with Crippen LogP contribution in [0.2, 0.25) is 0 Å².